The lowest BCUT2D eigenvalue weighted by Gasteiger charge is -2.16. The van der Waals surface area contributed by atoms with Crippen LogP contribution in [0.3, 0.4) is 0 Å². The number of benzene rings is 2. The average molecular weight is 301 g/mol. The van der Waals surface area contributed by atoms with E-state index in [0.717, 1.165) is 16.3 Å². The van der Waals surface area contributed by atoms with Crippen LogP contribution < -0.4 is 10.1 Å². The molecule has 0 spiro atoms. The van der Waals surface area contributed by atoms with Crippen molar-refractivity contribution in [3.05, 3.63) is 64.7 Å². The fourth-order valence-electron chi connectivity index (χ4n) is 2.03. The van der Waals surface area contributed by atoms with Crippen molar-refractivity contribution in [1.82, 2.24) is 5.32 Å². The zero-order chi connectivity index (χ0) is 15.1. The summed E-state index contributed by atoms with van der Waals surface area (Å²) in [6.45, 7) is 2.83. The molecular weight excluding hydrogens is 284 g/mol. The van der Waals surface area contributed by atoms with Gasteiger partial charge >= 0.3 is 0 Å². The molecule has 0 fully saturated rings. The Morgan fingerprint density at radius 3 is 2.62 bits per heavy atom. The third-order valence-corrected chi connectivity index (χ3v) is 3.49. The maximum atomic E-state index is 8.61. The maximum Gasteiger partial charge on any atom is 0.174 e. The standard InChI is InChI=1S/C17H17ClN2O/c1-13(14-6-8-16(18)9-7-14)20-12-15-4-2-3-5-17(15)21-11-10-19/h2-9,13,20H,11-12H2,1H3. The van der Waals surface area contributed by atoms with Crippen LogP contribution in [-0.4, -0.2) is 6.61 Å². The zero-order valence-electron chi connectivity index (χ0n) is 11.8. The highest BCUT2D eigenvalue weighted by Gasteiger charge is 2.07. The third-order valence-electron chi connectivity index (χ3n) is 3.23. The molecule has 0 aliphatic heterocycles. The first-order valence-electron chi connectivity index (χ1n) is 6.77. The van der Waals surface area contributed by atoms with Crippen molar-refractivity contribution in [2.24, 2.45) is 0 Å². The Labute approximate surface area is 130 Å². The van der Waals surface area contributed by atoms with Crippen LogP contribution in [0.15, 0.2) is 48.5 Å². The van der Waals surface area contributed by atoms with E-state index in [1.807, 2.05) is 54.6 Å². The van der Waals surface area contributed by atoms with Crippen molar-refractivity contribution in [2.45, 2.75) is 19.5 Å². The lowest BCUT2D eigenvalue weighted by Crippen LogP contribution is -2.18. The lowest BCUT2D eigenvalue weighted by atomic mass is 10.1. The van der Waals surface area contributed by atoms with E-state index in [1.54, 1.807) is 0 Å². The molecule has 0 aliphatic rings. The predicted molar refractivity (Wildman–Crippen MR) is 84.3 cm³/mol. The first-order chi connectivity index (χ1) is 10.2. The number of hydrogen-bond donors (Lipinski definition) is 1. The molecule has 3 nitrogen and oxygen atoms in total. The van der Waals surface area contributed by atoms with E-state index in [9.17, 15) is 0 Å². The van der Waals surface area contributed by atoms with E-state index in [1.165, 1.54) is 5.56 Å². The Hall–Kier alpha value is -2.02. The quantitative estimate of drug-likeness (QED) is 0.874. The van der Waals surface area contributed by atoms with Gasteiger partial charge in [0.1, 0.15) is 11.8 Å². The lowest BCUT2D eigenvalue weighted by molar-refractivity contribution is 0.361. The van der Waals surface area contributed by atoms with Crippen molar-refractivity contribution in [1.29, 1.82) is 5.26 Å². The molecule has 4 heteroatoms. The Balaban J connectivity index is 1.99. The van der Waals surface area contributed by atoms with Gasteiger partial charge in [-0.25, -0.2) is 0 Å². The van der Waals surface area contributed by atoms with Gasteiger partial charge in [-0.05, 0) is 30.7 Å². The van der Waals surface area contributed by atoms with Crippen LogP contribution in [0.5, 0.6) is 5.75 Å². The number of para-hydroxylation sites is 1. The third kappa shape index (κ3) is 4.49. The topological polar surface area (TPSA) is 45.0 Å². The molecular formula is C17H17ClN2O. The maximum absolute atomic E-state index is 8.61. The van der Waals surface area contributed by atoms with Crippen LogP contribution in [0.25, 0.3) is 0 Å². The number of hydrogen-bond acceptors (Lipinski definition) is 3. The molecule has 108 valence electrons. The molecule has 0 amide bonds. The van der Waals surface area contributed by atoms with Crippen LogP contribution in [0.4, 0.5) is 0 Å². The summed E-state index contributed by atoms with van der Waals surface area (Å²) in [6, 6.07) is 17.7. The minimum Gasteiger partial charge on any atom is -0.478 e. The smallest absolute Gasteiger partial charge is 0.174 e. The van der Waals surface area contributed by atoms with E-state index in [2.05, 4.69) is 12.2 Å². The molecule has 0 radical (unpaired) electrons. The Morgan fingerprint density at radius 1 is 1.19 bits per heavy atom. The van der Waals surface area contributed by atoms with Crippen LogP contribution in [-0.2, 0) is 6.54 Å². The summed E-state index contributed by atoms with van der Waals surface area (Å²) in [5.41, 5.74) is 2.21. The van der Waals surface area contributed by atoms with Gasteiger partial charge in [-0.15, -0.1) is 0 Å². The van der Waals surface area contributed by atoms with Gasteiger partial charge in [-0.3, -0.25) is 0 Å². The number of ether oxygens (including phenoxy) is 1. The number of rotatable bonds is 6. The number of nitrogens with zero attached hydrogens (tertiary/aromatic N) is 1. The average Bonchev–Trinajstić information content (AvgIpc) is 2.52. The largest absolute Gasteiger partial charge is 0.478 e. The van der Waals surface area contributed by atoms with Crippen molar-refractivity contribution >= 4 is 11.6 Å². The van der Waals surface area contributed by atoms with Gasteiger partial charge in [-0.1, -0.05) is 41.9 Å². The van der Waals surface area contributed by atoms with Crippen LogP contribution >= 0.6 is 11.6 Å². The SMILES string of the molecule is CC(NCc1ccccc1OCC#N)c1ccc(Cl)cc1. The summed E-state index contributed by atoms with van der Waals surface area (Å²) < 4.78 is 5.42. The second-order valence-electron chi connectivity index (χ2n) is 4.71. The van der Waals surface area contributed by atoms with Crippen molar-refractivity contribution in [2.75, 3.05) is 6.61 Å². The van der Waals surface area contributed by atoms with Crippen LogP contribution in [0.2, 0.25) is 5.02 Å². The first-order valence-corrected chi connectivity index (χ1v) is 7.15. The van der Waals surface area contributed by atoms with Gasteiger partial charge in [0.2, 0.25) is 0 Å². The first kappa shape index (κ1) is 15.4. The van der Waals surface area contributed by atoms with E-state index >= 15 is 0 Å². The molecule has 1 atom stereocenters. The van der Waals surface area contributed by atoms with E-state index in [4.69, 9.17) is 21.6 Å². The minimum atomic E-state index is 0.0593. The molecule has 0 heterocycles. The van der Waals surface area contributed by atoms with Gasteiger partial charge in [0.05, 0.1) is 0 Å². The molecule has 1 unspecified atom stereocenters. The molecule has 21 heavy (non-hydrogen) atoms. The fourth-order valence-corrected chi connectivity index (χ4v) is 2.16. The van der Waals surface area contributed by atoms with E-state index in [-0.39, 0.29) is 12.6 Å². The summed E-state index contributed by atoms with van der Waals surface area (Å²) in [6.07, 6.45) is 0. The Kier molecular flexibility index (Phi) is 5.62. The second kappa shape index (κ2) is 7.68. The second-order valence-corrected chi connectivity index (χ2v) is 5.15. The molecule has 0 bridgehead atoms. The molecule has 0 saturated carbocycles. The highest BCUT2D eigenvalue weighted by molar-refractivity contribution is 6.30. The van der Waals surface area contributed by atoms with Crippen LogP contribution in [0.1, 0.15) is 24.1 Å². The van der Waals surface area contributed by atoms with Gasteiger partial charge in [0, 0.05) is 23.2 Å². The van der Waals surface area contributed by atoms with E-state index in [0.29, 0.717) is 6.54 Å². The Morgan fingerprint density at radius 2 is 1.90 bits per heavy atom. The summed E-state index contributed by atoms with van der Waals surface area (Å²) in [5.74, 6) is 0.745. The van der Waals surface area contributed by atoms with Gasteiger partial charge in [-0.2, -0.15) is 5.26 Å². The number of nitrogens with one attached hydrogen (secondary N) is 1. The van der Waals surface area contributed by atoms with Crippen LogP contribution in [0, 0.1) is 11.3 Å². The van der Waals surface area contributed by atoms with Gasteiger partial charge in [0.15, 0.2) is 6.61 Å². The molecule has 2 aromatic rings. The minimum absolute atomic E-state index is 0.0593. The molecule has 0 aromatic heterocycles. The predicted octanol–water partition coefficient (Wildman–Crippen LogP) is 4.09. The number of halogens is 1. The highest BCUT2D eigenvalue weighted by atomic mass is 35.5. The normalized spacial score (nSPS) is 11.7. The molecule has 2 aromatic carbocycles. The van der Waals surface area contributed by atoms with Crippen molar-refractivity contribution in [3.8, 4) is 11.8 Å². The summed E-state index contributed by atoms with van der Waals surface area (Å²) in [5, 5.41) is 12.8. The zero-order valence-corrected chi connectivity index (χ0v) is 12.6. The molecule has 0 saturated heterocycles. The molecule has 0 aliphatic carbocycles. The Bertz CT molecular complexity index is 619. The van der Waals surface area contributed by atoms with Gasteiger partial charge in [0.25, 0.3) is 0 Å². The molecule has 1 N–H and O–H groups in total. The fraction of sp³-hybridized carbons (Fsp3) is 0.235. The number of nitriles is 1. The van der Waals surface area contributed by atoms with Crippen molar-refractivity contribution in [3.63, 3.8) is 0 Å². The van der Waals surface area contributed by atoms with Crippen molar-refractivity contribution < 1.29 is 4.74 Å². The monoisotopic (exact) mass is 300 g/mol. The van der Waals surface area contributed by atoms with Gasteiger partial charge < -0.3 is 10.1 Å². The summed E-state index contributed by atoms with van der Waals surface area (Å²) in [4.78, 5) is 0. The highest BCUT2D eigenvalue weighted by Crippen LogP contribution is 2.20. The molecule has 2 rings (SSSR count). The van der Waals surface area contributed by atoms with E-state index < -0.39 is 0 Å². The summed E-state index contributed by atoms with van der Waals surface area (Å²) >= 11 is 5.90. The summed E-state index contributed by atoms with van der Waals surface area (Å²) in [7, 11) is 0.